The van der Waals surface area contributed by atoms with E-state index >= 15 is 0 Å². The van der Waals surface area contributed by atoms with Gasteiger partial charge in [-0.25, -0.2) is 5.43 Å². The second-order valence-corrected chi connectivity index (χ2v) is 9.79. The molecule has 3 rings (SSSR count). The highest BCUT2D eigenvalue weighted by molar-refractivity contribution is 14.1. The molecule has 3 aromatic carbocycles. The van der Waals surface area contributed by atoms with Crippen molar-refractivity contribution >= 4 is 75.4 Å². The van der Waals surface area contributed by atoms with Crippen LogP contribution in [0.1, 0.15) is 11.1 Å². The van der Waals surface area contributed by atoms with Crippen molar-refractivity contribution in [2.45, 2.75) is 6.54 Å². The maximum atomic E-state index is 12.3. The zero-order chi connectivity index (χ0) is 28.4. The number of carbonyl (C=O) groups is 3. The number of hydrogen-bond donors (Lipinski definition) is 3. The summed E-state index contributed by atoms with van der Waals surface area (Å²) in [5, 5.41) is 9.78. The molecule has 3 aromatic rings. The first kappa shape index (κ1) is 30.0. The van der Waals surface area contributed by atoms with Gasteiger partial charge in [0, 0.05) is 22.3 Å². The molecular formula is C26H23Cl2IN4O6. The van der Waals surface area contributed by atoms with Gasteiger partial charge in [0.25, 0.3) is 5.91 Å². The van der Waals surface area contributed by atoms with Crippen molar-refractivity contribution in [3.8, 4) is 17.2 Å². The molecule has 0 aromatic heterocycles. The molecular weight excluding hydrogens is 662 g/mol. The highest BCUT2D eigenvalue weighted by Gasteiger charge is 2.15. The lowest BCUT2D eigenvalue weighted by Crippen LogP contribution is -2.37. The molecule has 0 saturated heterocycles. The number of hydrazone groups is 1. The second kappa shape index (κ2) is 14.6. The number of nitrogens with zero attached hydrogens (tertiary/aromatic N) is 1. The molecule has 3 amide bonds. The third kappa shape index (κ3) is 9.30. The van der Waals surface area contributed by atoms with Gasteiger partial charge in [-0.3, -0.25) is 14.4 Å². The summed E-state index contributed by atoms with van der Waals surface area (Å²) in [6.07, 6.45) is 1.35. The van der Waals surface area contributed by atoms with Crippen molar-refractivity contribution in [2.75, 3.05) is 26.1 Å². The smallest absolute Gasteiger partial charge is 0.329 e. The van der Waals surface area contributed by atoms with Gasteiger partial charge in [0.1, 0.15) is 5.75 Å². The van der Waals surface area contributed by atoms with Crippen molar-refractivity contribution in [3.05, 3.63) is 79.3 Å². The number of halogens is 3. The summed E-state index contributed by atoms with van der Waals surface area (Å²) in [6, 6.07) is 15.0. The maximum Gasteiger partial charge on any atom is 0.329 e. The molecule has 0 heterocycles. The first-order chi connectivity index (χ1) is 18.7. The molecule has 0 radical (unpaired) electrons. The Balaban J connectivity index is 1.54. The van der Waals surface area contributed by atoms with E-state index in [2.05, 4.69) is 21.2 Å². The molecule has 10 nitrogen and oxygen atoms in total. The normalized spacial score (nSPS) is 10.6. The fourth-order valence-electron chi connectivity index (χ4n) is 3.14. The predicted octanol–water partition coefficient (Wildman–Crippen LogP) is 4.40. The largest absolute Gasteiger partial charge is 0.497 e. The van der Waals surface area contributed by atoms with Crippen LogP contribution in [0.4, 0.5) is 5.69 Å². The van der Waals surface area contributed by atoms with E-state index in [0.717, 1.165) is 5.56 Å². The lowest BCUT2D eigenvalue weighted by atomic mass is 10.2. The Morgan fingerprint density at radius 2 is 1.64 bits per heavy atom. The first-order valence-electron chi connectivity index (χ1n) is 11.2. The van der Waals surface area contributed by atoms with Gasteiger partial charge in [-0.1, -0.05) is 35.3 Å². The number of hydrogen-bond acceptors (Lipinski definition) is 7. The molecule has 39 heavy (non-hydrogen) atoms. The minimum absolute atomic E-state index is 0.168. The SMILES string of the molecule is COc1ccc(CNC(=O)C(=O)N/N=C\c2cc(I)c(OCC(=O)Nc3cc(Cl)cc(Cl)c3)c(OC)c2)cc1. The van der Waals surface area contributed by atoms with E-state index in [1.54, 1.807) is 61.7 Å². The maximum absolute atomic E-state index is 12.3. The van der Waals surface area contributed by atoms with Crippen LogP contribution in [-0.2, 0) is 20.9 Å². The van der Waals surface area contributed by atoms with Crippen LogP contribution in [0, 0.1) is 3.57 Å². The summed E-state index contributed by atoms with van der Waals surface area (Å²) in [5.74, 6) is -0.814. The van der Waals surface area contributed by atoms with Crippen molar-refractivity contribution in [1.29, 1.82) is 0 Å². The zero-order valence-electron chi connectivity index (χ0n) is 20.7. The summed E-state index contributed by atoms with van der Waals surface area (Å²) >= 11 is 13.9. The Bertz CT molecular complexity index is 1370. The average Bonchev–Trinajstić information content (AvgIpc) is 2.90. The Morgan fingerprint density at radius 3 is 2.28 bits per heavy atom. The van der Waals surface area contributed by atoms with Gasteiger partial charge in [-0.15, -0.1) is 0 Å². The standard InChI is InChI=1S/C26H23Cl2IN4O6/c1-37-20-5-3-15(4-6-20)12-30-25(35)26(36)33-31-13-16-7-21(29)24(22(8-16)38-2)39-14-23(34)32-19-10-17(27)9-18(28)11-19/h3-11,13H,12,14H2,1-2H3,(H,30,35)(H,32,34)(H,33,36)/b31-13-. The van der Waals surface area contributed by atoms with Crippen molar-refractivity contribution < 1.29 is 28.6 Å². The van der Waals surface area contributed by atoms with Gasteiger partial charge < -0.3 is 24.8 Å². The number of ether oxygens (including phenoxy) is 3. The van der Waals surface area contributed by atoms with E-state index in [4.69, 9.17) is 37.4 Å². The van der Waals surface area contributed by atoms with Gasteiger partial charge in [-0.05, 0) is 76.2 Å². The molecule has 0 unspecified atom stereocenters. The highest BCUT2D eigenvalue weighted by Crippen LogP contribution is 2.33. The van der Waals surface area contributed by atoms with Crippen molar-refractivity contribution in [3.63, 3.8) is 0 Å². The zero-order valence-corrected chi connectivity index (χ0v) is 24.4. The van der Waals surface area contributed by atoms with Gasteiger partial charge in [0.05, 0.1) is 24.0 Å². The second-order valence-electron chi connectivity index (χ2n) is 7.76. The molecule has 0 aliphatic rings. The van der Waals surface area contributed by atoms with E-state index in [-0.39, 0.29) is 13.2 Å². The van der Waals surface area contributed by atoms with Crippen LogP contribution in [0.25, 0.3) is 0 Å². The molecule has 3 N–H and O–H groups in total. The molecule has 0 saturated carbocycles. The summed E-state index contributed by atoms with van der Waals surface area (Å²) in [4.78, 5) is 36.4. The first-order valence-corrected chi connectivity index (χ1v) is 13.0. The van der Waals surface area contributed by atoms with E-state index in [1.165, 1.54) is 13.3 Å². The molecule has 0 aliphatic heterocycles. The van der Waals surface area contributed by atoms with Crippen LogP contribution in [0.3, 0.4) is 0 Å². The Morgan fingerprint density at radius 1 is 0.949 bits per heavy atom. The minimum Gasteiger partial charge on any atom is -0.497 e. The molecule has 13 heteroatoms. The molecule has 0 atom stereocenters. The molecule has 0 spiro atoms. The average molecular weight is 685 g/mol. The number of carbonyl (C=O) groups excluding carboxylic acids is 3. The van der Waals surface area contributed by atoms with Gasteiger partial charge in [-0.2, -0.15) is 5.10 Å². The van der Waals surface area contributed by atoms with E-state index < -0.39 is 17.7 Å². The lowest BCUT2D eigenvalue weighted by molar-refractivity contribution is -0.139. The summed E-state index contributed by atoms with van der Waals surface area (Å²) in [7, 11) is 3.01. The van der Waals surface area contributed by atoms with Crippen LogP contribution in [0.5, 0.6) is 17.2 Å². The van der Waals surface area contributed by atoms with Gasteiger partial charge in [0.2, 0.25) is 0 Å². The lowest BCUT2D eigenvalue weighted by Gasteiger charge is -2.13. The predicted molar refractivity (Wildman–Crippen MR) is 157 cm³/mol. The number of benzene rings is 3. The highest BCUT2D eigenvalue weighted by atomic mass is 127. The van der Waals surface area contributed by atoms with Crippen LogP contribution in [-0.4, -0.2) is 44.8 Å². The van der Waals surface area contributed by atoms with E-state index in [0.29, 0.717) is 42.1 Å². The fourth-order valence-corrected chi connectivity index (χ4v) is 4.44. The number of nitrogens with one attached hydrogen (secondary N) is 3. The topological polar surface area (TPSA) is 127 Å². The summed E-state index contributed by atoms with van der Waals surface area (Å²) in [6.45, 7) is -0.132. The number of anilines is 1. The number of methoxy groups -OCH3 is 2. The number of rotatable bonds is 10. The molecule has 0 fully saturated rings. The van der Waals surface area contributed by atoms with Gasteiger partial charge >= 0.3 is 11.8 Å². The molecule has 0 bridgehead atoms. The van der Waals surface area contributed by atoms with Gasteiger partial charge in [0.15, 0.2) is 18.1 Å². The quantitative estimate of drug-likeness (QED) is 0.126. The van der Waals surface area contributed by atoms with Crippen LogP contribution in [0.2, 0.25) is 10.0 Å². The van der Waals surface area contributed by atoms with E-state index in [1.807, 2.05) is 22.6 Å². The van der Waals surface area contributed by atoms with Crippen LogP contribution in [0.15, 0.2) is 59.7 Å². The van der Waals surface area contributed by atoms with E-state index in [9.17, 15) is 14.4 Å². The Labute approximate surface area is 248 Å². The summed E-state index contributed by atoms with van der Waals surface area (Å²) in [5.41, 5.74) is 3.97. The minimum atomic E-state index is -0.923. The molecule has 204 valence electrons. The summed E-state index contributed by atoms with van der Waals surface area (Å²) < 4.78 is 16.8. The Hall–Kier alpha value is -3.55. The van der Waals surface area contributed by atoms with Crippen LogP contribution < -0.4 is 30.3 Å². The van der Waals surface area contributed by atoms with Crippen molar-refractivity contribution in [1.82, 2.24) is 10.7 Å². The fraction of sp³-hybridized carbons (Fsp3) is 0.154. The monoisotopic (exact) mass is 684 g/mol. The van der Waals surface area contributed by atoms with Crippen LogP contribution >= 0.6 is 45.8 Å². The molecule has 0 aliphatic carbocycles. The third-order valence-corrected chi connectivity index (χ3v) is 6.18. The Kier molecular flexibility index (Phi) is 11.2. The number of amides is 3. The third-order valence-electron chi connectivity index (χ3n) is 4.94. The van der Waals surface area contributed by atoms with Crippen molar-refractivity contribution in [2.24, 2.45) is 5.10 Å².